The van der Waals surface area contributed by atoms with Crippen molar-refractivity contribution < 1.29 is 9.32 Å². The monoisotopic (exact) mass is 350 g/mol. The molecule has 130 valence electrons. The van der Waals surface area contributed by atoms with Crippen molar-refractivity contribution in [1.29, 1.82) is 0 Å². The lowest BCUT2D eigenvalue weighted by Gasteiger charge is -2.26. The van der Waals surface area contributed by atoms with Crippen LogP contribution in [0.5, 0.6) is 0 Å². The second-order valence-electron chi connectivity index (χ2n) is 7.21. The molecule has 1 unspecified atom stereocenters. The van der Waals surface area contributed by atoms with E-state index in [1.54, 1.807) is 18.3 Å². The fourth-order valence-electron chi connectivity index (χ4n) is 2.79. The Morgan fingerprint density at radius 2 is 2.12 bits per heavy atom. The summed E-state index contributed by atoms with van der Waals surface area (Å²) in [5.41, 5.74) is -0.688. The number of carbonyl (C=O) groups is 1. The molecule has 24 heavy (non-hydrogen) atoms. The maximum atomic E-state index is 11.7. The molecule has 9 heteroatoms. The molecule has 2 aromatic heterocycles. The molecule has 1 aliphatic rings. The Labute approximate surface area is 144 Å². The van der Waals surface area contributed by atoms with E-state index in [2.05, 4.69) is 51.3 Å². The van der Waals surface area contributed by atoms with Crippen molar-refractivity contribution in [3.8, 4) is 0 Å². The Morgan fingerprint density at radius 3 is 2.67 bits per heavy atom. The van der Waals surface area contributed by atoms with Crippen molar-refractivity contribution in [2.45, 2.75) is 52.0 Å². The molecule has 0 radical (unpaired) electrons. The number of aryl methyl sites for hydroxylation is 1. The van der Waals surface area contributed by atoms with Crippen LogP contribution in [0.15, 0.2) is 4.52 Å². The van der Waals surface area contributed by atoms with Gasteiger partial charge in [0.15, 0.2) is 5.82 Å². The van der Waals surface area contributed by atoms with Gasteiger partial charge < -0.3 is 14.7 Å². The molecule has 3 heterocycles. The first-order chi connectivity index (χ1) is 11.2. The predicted octanol–water partition coefficient (Wildman–Crippen LogP) is 1.77. The lowest BCUT2D eigenvalue weighted by atomic mass is 9.97. The average molecular weight is 350 g/mol. The van der Waals surface area contributed by atoms with Crippen molar-refractivity contribution >= 4 is 22.4 Å². The normalized spacial score (nSPS) is 21.3. The maximum absolute atomic E-state index is 11.7. The van der Waals surface area contributed by atoms with Crippen LogP contribution in [-0.2, 0) is 15.7 Å². The van der Waals surface area contributed by atoms with Gasteiger partial charge in [-0.1, -0.05) is 37.3 Å². The Kier molecular flexibility index (Phi) is 4.06. The van der Waals surface area contributed by atoms with Gasteiger partial charge in [-0.05, 0) is 6.42 Å². The van der Waals surface area contributed by atoms with Gasteiger partial charge in [-0.3, -0.25) is 4.79 Å². The van der Waals surface area contributed by atoms with E-state index < -0.39 is 5.54 Å². The Bertz CT molecular complexity index is 749. The zero-order valence-electron chi connectivity index (χ0n) is 14.6. The van der Waals surface area contributed by atoms with Gasteiger partial charge in [0.25, 0.3) is 0 Å². The van der Waals surface area contributed by atoms with Crippen LogP contribution in [0.2, 0.25) is 0 Å². The minimum atomic E-state index is -0.656. The number of hydrogen-bond donors (Lipinski definition) is 1. The third-order valence-electron chi connectivity index (χ3n) is 3.97. The van der Waals surface area contributed by atoms with Crippen LogP contribution in [0.4, 0.5) is 5.13 Å². The van der Waals surface area contributed by atoms with Crippen molar-refractivity contribution in [2.75, 3.05) is 18.0 Å². The number of anilines is 1. The number of amides is 1. The van der Waals surface area contributed by atoms with Crippen LogP contribution >= 0.6 is 11.3 Å². The number of nitrogens with one attached hydrogen (secondary N) is 1. The van der Waals surface area contributed by atoms with E-state index in [4.69, 9.17) is 4.52 Å². The van der Waals surface area contributed by atoms with Gasteiger partial charge in [-0.25, -0.2) is 0 Å². The maximum Gasteiger partial charge on any atom is 0.223 e. The van der Waals surface area contributed by atoms with Gasteiger partial charge in [-0.15, -0.1) is 10.2 Å². The summed E-state index contributed by atoms with van der Waals surface area (Å²) < 4.78 is 5.12. The molecule has 0 saturated carbocycles. The fraction of sp³-hybridized carbons (Fsp3) is 0.667. The molecular formula is C15H22N6O2S. The molecule has 2 aromatic rings. The molecule has 1 atom stereocenters. The van der Waals surface area contributed by atoms with E-state index >= 15 is 0 Å². The predicted molar refractivity (Wildman–Crippen MR) is 90.0 cm³/mol. The summed E-state index contributed by atoms with van der Waals surface area (Å²) in [5, 5.41) is 17.5. The molecule has 0 aromatic carbocycles. The molecule has 1 amide bonds. The molecule has 1 N–H and O–H groups in total. The highest BCUT2D eigenvalue weighted by Crippen LogP contribution is 2.36. The SMILES string of the molecule is CC(=O)NC1(c2noc(C)n2)CCN(c2nnc(C(C)(C)C)s2)C1. The van der Waals surface area contributed by atoms with Crippen molar-refractivity contribution in [3.05, 3.63) is 16.7 Å². The van der Waals surface area contributed by atoms with Crippen LogP contribution in [0.25, 0.3) is 0 Å². The number of hydrogen-bond acceptors (Lipinski definition) is 8. The summed E-state index contributed by atoms with van der Waals surface area (Å²) in [6.07, 6.45) is 0.690. The van der Waals surface area contributed by atoms with Crippen LogP contribution in [0.3, 0.4) is 0 Å². The Hall–Kier alpha value is -2.03. The van der Waals surface area contributed by atoms with Gasteiger partial charge in [-0.2, -0.15) is 4.98 Å². The summed E-state index contributed by atoms with van der Waals surface area (Å²) in [5.74, 6) is 0.879. The van der Waals surface area contributed by atoms with E-state index in [-0.39, 0.29) is 11.3 Å². The van der Waals surface area contributed by atoms with Crippen molar-refractivity contribution in [2.24, 2.45) is 0 Å². The van der Waals surface area contributed by atoms with E-state index in [0.717, 1.165) is 16.7 Å². The van der Waals surface area contributed by atoms with Crippen LogP contribution in [0, 0.1) is 6.92 Å². The number of nitrogens with zero attached hydrogens (tertiary/aromatic N) is 5. The smallest absolute Gasteiger partial charge is 0.223 e. The number of aromatic nitrogens is 4. The molecule has 3 rings (SSSR count). The van der Waals surface area contributed by atoms with E-state index in [1.807, 2.05) is 0 Å². The summed E-state index contributed by atoms with van der Waals surface area (Å²) in [7, 11) is 0. The average Bonchev–Trinajstić information content (AvgIpc) is 3.15. The van der Waals surface area contributed by atoms with E-state index in [9.17, 15) is 4.79 Å². The van der Waals surface area contributed by atoms with E-state index in [1.165, 1.54) is 6.92 Å². The zero-order valence-corrected chi connectivity index (χ0v) is 15.4. The summed E-state index contributed by atoms with van der Waals surface area (Å²) in [6.45, 7) is 10.9. The summed E-state index contributed by atoms with van der Waals surface area (Å²) >= 11 is 1.58. The topological polar surface area (TPSA) is 97.0 Å². The largest absolute Gasteiger partial charge is 0.344 e. The van der Waals surface area contributed by atoms with Gasteiger partial charge in [0.2, 0.25) is 16.9 Å². The number of rotatable bonds is 3. The van der Waals surface area contributed by atoms with Crippen LogP contribution < -0.4 is 10.2 Å². The summed E-state index contributed by atoms with van der Waals surface area (Å²) in [4.78, 5) is 18.2. The second-order valence-corrected chi connectivity index (χ2v) is 8.17. The van der Waals surface area contributed by atoms with Crippen molar-refractivity contribution in [3.63, 3.8) is 0 Å². The first kappa shape index (κ1) is 16.8. The third kappa shape index (κ3) is 3.12. The fourth-order valence-corrected chi connectivity index (χ4v) is 3.72. The zero-order chi connectivity index (χ0) is 17.5. The van der Waals surface area contributed by atoms with Crippen LogP contribution in [-0.4, -0.2) is 39.3 Å². The summed E-state index contributed by atoms with van der Waals surface area (Å²) in [6, 6.07) is 0. The minimum Gasteiger partial charge on any atom is -0.344 e. The van der Waals surface area contributed by atoms with Crippen LogP contribution in [0.1, 0.15) is 50.8 Å². The highest BCUT2D eigenvalue weighted by atomic mass is 32.1. The van der Waals surface area contributed by atoms with E-state index in [0.29, 0.717) is 24.7 Å². The number of carbonyl (C=O) groups excluding carboxylic acids is 1. The molecule has 0 spiro atoms. The molecular weight excluding hydrogens is 328 g/mol. The van der Waals surface area contributed by atoms with Gasteiger partial charge >= 0.3 is 0 Å². The van der Waals surface area contributed by atoms with Gasteiger partial charge in [0, 0.05) is 25.8 Å². The Balaban J connectivity index is 1.87. The second kappa shape index (κ2) is 5.80. The molecule has 0 aliphatic carbocycles. The highest BCUT2D eigenvalue weighted by Gasteiger charge is 2.45. The van der Waals surface area contributed by atoms with Gasteiger partial charge in [0.1, 0.15) is 10.5 Å². The lowest BCUT2D eigenvalue weighted by Crippen LogP contribution is -2.48. The molecule has 0 bridgehead atoms. The van der Waals surface area contributed by atoms with Crippen molar-refractivity contribution in [1.82, 2.24) is 25.7 Å². The first-order valence-corrected chi connectivity index (χ1v) is 8.70. The third-order valence-corrected chi connectivity index (χ3v) is 5.38. The quantitative estimate of drug-likeness (QED) is 0.901. The Morgan fingerprint density at radius 1 is 1.38 bits per heavy atom. The minimum absolute atomic E-state index is 0.0326. The molecule has 1 saturated heterocycles. The van der Waals surface area contributed by atoms with Gasteiger partial charge in [0.05, 0.1) is 6.54 Å². The molecule has 8 nitrogen and oxygen atoms in total. The lowest BCUT2D eigenvalue weighted by molar-refractivity contribution is -0.120. The molecule has 1 fully saturated rings. The standard InChI is InChI=1S/C15H22N6O2S/c1-9(22)17-15(11-16-10(2)23-20-11)6-7-21(8-15)13-19-18-12(24-13)14(3,4)5/h6-8H2,1-5H3,(H,17,22). The molecule has 1 aliphatic heterocycles. The highest BCUT2D eigenvalue weighted by molar-refractivity contribution is 7.15. The first-order valence-electron chi connectivity index (χ1n) is 7.88.